The molecule has 2 fully saturated rings. The fraction of sp³-hybridized carbons (Fsp3) is 0.923. The van der Waals surface area contributed by atoms with E-state index in [2.05, 4.69) is 10.6 Å². The molecule has 0 aromatic heterocycles. The molecule has 2 saturated heterocycles. The molecule has 2 N–H and O–H groups in total. The summed E-state index contributed by atoms with van der Waals surface area (Å²) in [6, 6.07) is 0.211. The van der Waals surface area contributed by atoms with Crippen molar-refractivity contribution in [1.29, 1.82) is 0 Å². The van der Waals surface area contributed by atoms with Crippen molar-refractivity contribution in [1.82, 2.24) is 10.6 Å². The number of alkyl carbamates (subject to hydrolysis) is 1. The first-order valence-electron chi connectivity index (χ1n) is 6.71. The van der Waals surface area contributed by atoms with E-state index in [9.17, 15) is 4.79 Å². The van der Waals surface area contributed by atoms with Crippen LogP contribution in [0.3, 0.4) is 0 Å². The maximum atomic E-state index is 11.7. The maximum absolute atomic E-state index is 11.7. The predicted octanol–water partition coefficient (Wildman–Crippen LogP) is 2.14. The molecule has 1 spiro atoms. The number of amides is 1. The van der Waals surface area contributed by atoms with Gasteiger partial charge in [0.2, 0.25) is 0 Å². The second-order valence-electron chi connectivity index (χ2n) is 6.32. The van der Waals surface area contributed by atoms with Crippen LogP contribution in [-0.2, 0) is 4.74 Å². The Morgan fingerprint density at radius 3 is 2.67 bits per heavy atom. The van der Waals surface area contributed by atoms with E-state index >= 15 is 0 Å². The second kappa shape index (κ2) is 5.29. The van der Waals surface area contributed by atoms with Crippen LogP contribution in [0.4, 0.5) is 4.79 Å². The number of rotatable bonds is 1. The smallest absolute Gasteiger partial charge is 0.407 e. The largest absolute Gasteiger partial charge is 0.444 e. The van der Waals surface area contributed by atoms with E-state index in [0.29, 0.717) is 0 Å². The highest BCUT2D eigenvalue weighted by Crippen LogP contribution is 2.34. The lowest BCUT2D eigenvalue weighted by molar-refractivity contribution is 0.0507. The molecule has 2 aliphatic heterocycles. The molecule has 0 aliphatic carbocycles. The van der Waals surface area contributed by atoms with Crippen molar-refractivity contribution in [2.75, 3.05) is 18.1 Å². The average molecular weight is 272 g/mol. The molecule has 104 valence electrons. The van der Waals surface area contributed by atoms with Gasteiger partial charge in [0.15, 0.2) is 0 Å². The van der Waals surface area contributed by atoms with Gasteiger partial charge in [0.25, 0.3) is 0 Å². The SMILES string of the molecule is CC(C)(C)OC(=O)NC1CNC2(CCSCC2)C1. The first-order valence-corrected chi connectivity index (χ1v) is 7.86. The predicted molar refractivity (Wildman–Crippen MR) is 75.1 cm³/mol. The number of hydrogen-bond donors (Lipinski definition) is 2. The summed E-state index contributed by atoms with van der Waals surface area (Å²) >= 11 is 2.03. The molecule has 0 bridgehead atoms. The normalized spacial score (nSPS) is 27.2. The Balaban J connectivity index is 1.80. The van der Waals surface area contributed by atoms with Gasteiger partial charge in [-0.05, 0) is 51.5 Å². The van der Waals surface area contributed by atoms with E-state index in [4.69, 9.17) is 4.74 Å². The number of carbonyl (C=O) groups excluding carboxylic acids is 1. The van der Waals surface area contributed by atoms with Gasteiger partial charge >= 0.3 is 6.09 Å². The Morgan fingerprint density at radius 1 is 1.39 bits per heavy atom. The van der Waals surface area contributed by atoms with E-state index < -0.39 is 5.60 Å². The molecular formula is C13H24N2O2S. The Hall–Kier alpha value is -0.420. The quantitative estimate of drug-likeness (QED) is 0.768. The second-order valence-corrected chi connectivity index (χ2v) is 7.55. The number of ether oxygens (including phenoxy) is 1. The highest BCUT2D eigenvalue weighted by atomic mass is 32.2. The molecule has 2 aliphatic rings. The molecule has 0 saturated carbocycles. The summed E-state index contributed by atoms with van der Waals surface area (Å²) in [5.41, 5.74) is -0.153. The fourth-order valence-electron chi connectivity index (χ4n) is 2.68. The highest BCUT2D eigenvalue weighted by molar-refractivity contribution is 7.99. The Morgan fingerprint density at radius 2 is 2.06 bits per heavy atom. The van der Waals surface area contributed by atoms with Crippen molar-refractivity contribution in [3.8, 4) is 0 Å². The van der Waals surface area contributed by atoms with Gasteiger partial charge in [0, 0.05) is 18.1 Å². The molecule has 5 heteroatoms. The van der Waals surface area contributed by atoms with E-state index in [1.54, 1.807) is 0 Å². The van der Waals surface area contributed by atoms with Crippen molar-refractivity contribution in [2.45, 2.75) is 57.2 Å². The third-order valence-electron chi connectivity index (χ3n) is 3.53. The Kier molecular flexibility index (Phi) is 4.11. The van der Waals surface area contributed by atoms with Crippen molar-refractivity contribution in [2.24, 2.45) is 0 Å². The molecule has 4 nitrogen and oxygen atoms in total. The summed E-state index contributed by atoms with van der Waals surface area (Å²) in [4.78, 5) is 11.7. The van der Waals surface area contributed by atoms with Crippen molar-refractivity contribution < 1.29 is 9.53 Å². The van der Waals surface area contributed by atoms with E-state index in [0.717, 1.165) is 13.0 Å². The topological polar surface area (TPSA) is 50.4 Å². The van der Waals surface area contributed by atoms with Crippen LogP contribution in [0.25, 0.3) is 0 Å². The van der Waals surface area contributed by atoms with Crippen LogP contribution in [0.15, 0.2) is 0 Å². The Bertz CT molecular complexity index is 309. The zero-order chi connectivity index (χ0) is 13.2. The minimum absolute atomic E-state index is 0.211. The summed E-state index contributed by atoms with van der Waals surface area (Å²) in [5.74, 6) is 2.46. The number of carbonyl (C=O) groups is 1. The summed E-state index contributed by atoms with van der Waals surface area (Å²) < 4.78 is 5.29. The molecular weight excluding hydrogens is 248 g/mol. The Labute approximate surface area is 114 Å². The van der Waals surface area contributed by atoms with Crippen LogP contribution < -0.4 is 10.6 Å². The van der Waals surface area contributed by atoms with Gasteiger partial charge in [0.1, 0.15) is 5.60 Å². The molecule has 2 heterocycles. The molecule has 1 amide bonds. The maximum Gasteiger partial charge on any atom is 0.407 e. The summed E-state index contributed by atoms with van der Waals surface area (Å²) in [7, 11) is 0. The number of thioether (sulfide) groups is 1. The van der Waals surface area contributed by atoms with Crippen LogP contribution in [0.5, 0.6) is 0 Å². The van der Waals surface area contributed by atoms with Gasteiger partial charge in [-0.3, -0.25) is 0 Å². The first-order chi connectivity index (χ1) is 8.39. The zero-order valence-corrected chi connectivity index (χ0v) is 12.4. The summed E-state index contributed by atoms with van der Waals surface area (Å²) in [6.45, 7) is 6.53. The van der Waals surface area contributed by atoms with Crippen LogP contribution in [0.1, 0.15) is 40.0 Å². The van der Waals surface area contributed by atoms with Crippen LogP contribution >= 0.6 is 11.8 Å². The third kappa shape index (κ3) is 3.79. The van der Waals surface area contributed by atoms with Crippen molar-refractivity contribution >= 4 is 17.9 Å². The van der Waals surface area contributed by atoms with Crippen molar-refractivity contribution in [3.63, 3.8) is 0 Å². The molecule has 0 aromatic rings. The lowest BCUT2D eigenvalue weighted by atomic mass is 9.89. The van der Waals surface area contributed by atoms with Gasteiger partial charge in [-0.15, -0.1) is 0 Å². The van der Waals surface area contributed by atoms with Gasteiger partial charge in [0.05, 0.1) is 0 Å². The standard InChI is InChI=1S/C13H24N2O2S/c1-12(2,3)17-11(16)15-10-8-13(14-9-10)4-6-18-7-5-13/h10,14H,4-9H2,1-3H3,(H,15,16). The lowest BCUT2D eigenvalue weighted by Crippen LogP contribution is -2.42. The van der Waals surface area contributed by atoms with Gasteiger partial charge in [-0.25, -0.2) is 4.79 Å². The third-order valence-corrected chi connectivity index (χ3v) is 4.52. The minimum Gasteiger partial charge on any atom is -0.444 e. The van der Waals surface area contributed by atoms with Crippen LogP contribution in [0, 0.1) is 0 Å². The molecule has 2 rings (SSSR count). The van der Waals surface area contributed by atoms with E-state index in [1.807, 2.05) is 32.5 Å². The van der Waals surface area contributed by atoms with Crippen LogP contribution in [-0.4, -0.2) is 41.3 Å². The molecule has 18 heavy (non-hydrogen) atoms. The summed E-state index contributed by atoms with van der Waals surface area (Å²) in [6.07, 6.45) is 3.16. The van der Waals surface area contributed by atoms with Crippen LogP contribution in [0.2, 0.25) is 0 Å². The van der Waals surface area contributed by atoms with E-state index in [-0.39, 0.29) is 17.7 Å². The fourth-order valence-corrected chi connectivity index (χ4v) is 3.95. The summed E-state index contributed by atoms with van der Waals surface area (Å²) in [5, 5.41) is 6.58. The average Bonchev–Trinajstić information content (AvgIpc) is 2.59. The van der Waals surface area contributed by atoms with Gasteiger partial charge in [-0.1, -0.05) is 0 Å². The number of nitrogens with one attached hydrogen (secondary N) is 2. The van der Waals surface area contributed by atoms with Crippen molar-refractivity contribution in [3.05, 3.63) is 0 Å². The molecule has 0 aromatic carbocycles. The van der Waals surface area contributed by atoms with E-state index in [1.165, 1.54) is 24.3 Å². The zero-order valence-electron chi connectivity index (χ0n) is 11.5. The minimum atomic E-state index is -0.421. The number of hydrogen-bond acceptors (Lipinski definition) is 4. The van der Waals surface area contributed by atoms with Gasteiger partial charge in [-0.2, -0.15) is 11.8 Å². The first kappa shape index (κ1) is 14.0. The molecule has 1 atom stereocenters. The lowest BCUT2D eigenvalue weighted by Gasteiger charge is -2.33. The molecule has 0 radical (unpaired) electrons. The highest BCUT2D eigenvalue weighted by Gasteiger charge is 2.40. The monoisotopic (exact) mass is 272 g/mol. The molecule has 1 unspecified atom stereocenters. The van der Waals surface area contributed by atoms with Gasteiger partial charge < -0.3 is 15.4 Å².